The Labute approximate surface area is 152 Å². The molecule has 2 heterocycles. The zero-order valence-corrected chi connectivity index (χ0v) is 14.5. The first-order valence-electron chi connectivity index (χ1n) is 8.13. The highest BCUT2D eigenvalue weighted by Gasteiger charge is 2.16. The average molecular weight is 368 g/mol. The minimum absolute atomic E-state index is 0.0735. The molecule has 0 radical (unpaired) electrons. The zero-order valence-electron chi connectivity index (χ0n) is 13.7. The van der Waals surface area contributed by atoms with E-state index in [4.69, 9.17) is 4.42 Å². The van der Waals surface area contributed by atoms with Gasteiger partial charge in [-0.05, 0) is 29.0 Å². The van der Waals surface area contributed by atoms with Crippen LogP contribution in [0.2, 0.25) is 0 Å². The highest BCUT2D eigenvalue weighted by atomic mass is 32.1. The summed E-state index contributed by atoms with van der Waals surface area (Å²) >= 11 is 1.55. The van der Waals surface area contributed by atoms with E-state index in [1.54, 1.807) is 35.6 Å². The van der Waals surface area contributed by atoms with Crippen LogP contribution in [0.3, 0.4) is 0 Å². The summed E-state index contributed by atoms with van der Waals surface area (Å²) in [4.78, 5) is 24.1. The van der Waals surface area contributed by atoms with Crippen molar-refractivity contribution in [1.29, 1.82) is 0 Å². The maximum atomic E-state index is 12.2. The normalized spacial score (nSPS) is 12.5. The van der Waals surface area contributed by atoms with Crippen LogP contribution in [0.1, 0.15) is 11.7 Å². The Hall–Kier alpha value is -2.90. The zero-order chi connectivity index (χ0) is 18.1. The third-order valence-corrected chi connectivity index (χ3v) is 5.22. The Morgan fingerprint density at radius 3 is 2.85 bits per heavy atom. The molecule has 2 aromatic heterocycles. The fourth-order valence-electron chi connectivity index (χ4n) is 2.94. The lowest BCUT2D eigenvalue weighted by Gasteiger charge is -2.11. The number of nitrogens with one attached hydrogen (secondary N) is 1. The Morgan fingerprint density at radius 1 is 1.19 bits per heavy atom. The van der Waals surface area contributed by atoms with Gasteiger partial charge in [0.05, 0.1) is 11.6 Å². The van der Waals surface area contributed by atoms with E-state index in [1.807, 2.05) is 29.6 Å². The molecule has 2 aromatic carbocycles. The number of aliphatic hydroxyl groups is 1. The van der Waals surface area contributed by atoms with Crippen LogP contribution in [-0.4, -0.2) is 22.1 Å². The average Bonchev–Trinajstić information content (AvgIpc) is 3.21. The van der Waals surface area contributed by atoms with Crippen LogP contribution in [0.4, 0.5) is 0 Å². The third kappa shape index (κ3) is 3.02. The highest BCUT2D eigenvalue weighted by molar-refractivity contribution is 7.17. The molecule has 0 aliphatic carbocycles. The van der Waals surface area contributed by atoms with Crippen molar-refractivity contribution in [2.45, 2.75) is 12.6 Å². The number of hydrogen-bond acceptors (Lipinski definition) is 5. The van der Waals surface area contributed by atoms with Crippen molar-refractivity contribution in [1.82, 2.24) is 9.88 Å². The number of benzene rings is 2. The van der Waals surface area contributed by atoms with Gasteiger partial charge < -0.3 is 14.8 Å². The fourth-order valence-corrected chi connectivity index (χ4v) is 3.95. The first-order valence-corrected chi connectivity index (χ1v) is 9.01. The number of carbonyl (C=O) groups excluding carboxylic acids is 1. The summed E-state index contributed by atoms with van der Waals surface area (Å²) in [7, 11) is 0. The molecule has 1 amide bonds. The molecule has 132 valence electrons. The molecule has 7 heteroatoms. The van der Waals surface area contributed by atoms with Gasteiger partial charge in [-0.3, -0.25) is 9.36 Å². The molecule has 6 nitrogen and oxygen atoms in total. The minimum Gasteiger partial charge on any atom is -0.408 e. The second-order valence-electron chi connectivity index (χ2n) is 5.93. The number of fused-ring (bicyclic) bond motifs is 2. The third-order valence-electron chi connectivity index (χ3n) is 4.24. The summed E-state index contributed by atoms with van der Waals surface area (Å²) in [5.74, 6) is -0.942. The van der Waals surface area contributed by atoms with Crippen LogP contribution in [-0.2, 0) is 11.3 Å². The number of rotatable bonds is 5. The number of aliphatic hydroxyl groups excluding tert-OH is 1. The Morgan fingerprint density at radius 2 is 1.96 bits per heavy atom. The van der Waals surface area contributed by atoms with Gasteiger partial charge in [0.25, 0.3) is 0 Å². The molecule has 1 atom stereocenters. The van der Waals surface area contributed by atoms with Gasteiger partial charge in [-0.2, -0.15) is 0 Å². The number of oxazole rings is 1. The monoisotopic (exact) mass is 368 g/mol. The Balaban J connectivity index is 1.45. The predicted octanol–water partition coefficient (Wildman–Crippen LogP) is 2.66. The number of amides is 1. The van der Waals surface area contributed by atoms with Crippen molar-refractivity contribution in [2.75, 3.05) is 6.54 Å². The maximum Gasteiger partial charge on any atom is 0.420 e. The van der Waals surface area contributed by atoms with E-state index in [0.717, 1.165) is 15.6 Å². The molecule has 2 N–H and O–H groups in total. The van der Waals surface area contributed by atoms with E-state index in [-0.39, 0.29) is 19.0 Å². The van der Waals surface area contributed by atoms with E-state index in [1.165, 1.54) is 4.57 Å². The van der Waals surface area contributed by atoms with E-state index in [0.29, 0.717) is 11.1 Å². The summed E-state index contributed by atoms with van der Waals surface area (Å²) in [6.45, 7) is -0.0863. The molecule has 0 saturated carbocycles. The molecule has 0 aliphatic rings. The quantitative estimate of drug-likeness (QED) is 0.567. The van der Waals surface area contributed by atoms with Crippen molar-refractivity contribution >= 4 is 38.4 Å². The Kier molecular flexibility index (Phi) is 4.32. The van der Waals surface area contributed by atoms with E-state index >= 15 is 0 Å². The summed E-state index contributed by atoms with van der Waals surface area (Å²) < 4.78 is 7.47. The van der Waals surface area contributed by atoms with Crippen molar-refractivity contribution < 1.29 is 14.3 Å². The fraction of sp³-hybridized carbons (Fsp3) is 0.158. The molecule has 0 fully saturated rings. The SMILES string of the molecule is O=C(Cn1c(=O)oc2ccccc21)NCC(O)c1csc2ccccc12. The second kappa shape index (κ2) is 6.78. The van der Waals surface area contributed by atoms with E-state index in [9.17, 15) is 14.7 Å². The summed E-state index contributed by atoms with van der Waals surface area (Å²) in [6, 6.07) is 14.7. The smallest absolute Gasteiger partial charge is 0.408 e. The van der Waals surface area contributed by atoms with E-state index < -0.39 is 11.9 Å². The van der Waals surface area contributed by atoms with Crippen LogP contribution in [0.15, 0.2) is 63.1 Å². The van der Waals surface area contributed by atoms with Gasteiger partial charge in [-0.15, -0.1) is 11.3 Å². The van der Waals surface area contributed by atoms with Crippen LogP contribution in [0.5, 0.6) is 0 Å². The molecule has 0 bridgehead atoms. The van der Waals surface area contributed by atoms with Crippen molar-refractivity contribution in [3.05, 3.63) is 70.0 Å². The molecular formula is C19H16N2O4S. The number of carbonyl (C=O) groups is 1. The first kappa shape index (κ1) is 16.6. The van der Waals surface area contributed by atoms with Crippen LogP contribution >= 0.6 is 11.3 Å². The molecule has 0 saturated heterocycles. The van der Waals surface area contributed by atoms with Crippen LogP contribution in [0, 0.1) is 0 Å². The lowest BCUT2D eigenvalue weighted by Crippen LogP contribution is -2.33. The number of aromatic nitrogens is 1. The second-order valence-corrected chi connectivity index (χ2v) is 6.84. The van der Waals surface area contributed by atoms with Crippen molar-refractivity contribution in [3.63, 3.8) is 0 Å². The topological polar surface area (TPSA) is 84.5 Å². The molecule has 0 spiro atoms. The van der Waals surface area contributed by atoms with Gasteiger partial charge in [-0.1, -0.05) is 30.3 Å². The van der Waals surface area contributed by atoms with Crippen molar-refractivity contribution in [2.24, 2.45) is 0 Å². The maximum absolute atomic E-state index is 12.2. The summed E-state index contributed by atoms with van der Waals surface area (Å²) in [5.41, 5.74) is 1.80. The summed E-state index contributed by atoms with van der Waals surface area (Å²) in [6.07, 6.45) is -0.812. The largest absolute Gasteiger partial charge is 0.420 e. The van der Waals surface area contributed by atoms with Crippen molar-refractivity contribution in [3.8, 4) is 0 Å². The number of hydrogen-bond donors (Lipinski definition) is 2. The van der Waals surface area contributed by atoms with Crippen LogP contribution in [0.25, 0.3) is 21.2 Å². The number of para-hydroxylation sites is 2. The molecule has 0 aliphatic heterocycles. The number of thiophene rings is 1. The number of nitrogens with zero attached hydrogens (tertiary/aromatic N) is 1. The molecule has 4 rings (SSSR count). The minimum atomic E-state index is -0.812. The molecular weight excluding hydrogens is 352 g/mol. The lowest BCUT2D eigenvalue weighted by molar-refractivity contribution is -0.122. The van der Waals surface area contributed by atoms with Gasteiger partial charge in [0.1, 0.15) is 6.54 Å². The van der Waals surface area contributed by atoms with Gasteiger partial charge in [0.2, 0.25) is 5.91 Å². The highest BCUT2D eigenvalue weighted by Crippen LogP contribution is 2.29. The predicted molar refractivity (Wildman–Crippen MR) is 100 cm³/mol. The molecule has 26 heavy (non-hydrogen) atoms. The molecule has 1 unspecified atom stereocenters. The lowest BCUT2D eigenvalue weighted by atomic mass is 10.1. The van der Waals surface area contributed by atoms with Crippen LogP contribution < -0.4 is 11.1 Å². The molecule has 4 aromatic rings. The van der Waals surface area contributed by atoms with Gasteiger partial charge in [0, 0.05) is 16.8 Å². The Bertz CT molecular complexity index is 1140. The summed E-state index contributed by atoms with van der Waals surface area (Å²) in [5, 5.41) is 16.0. The van der Waals surface area contributed by atoms with Gasteiger partial charge in [-0.25, -0.2) is 4.79 Å². The first-order chi connectivity index (χ1) is 12.6. The standard InChI is InChI=1S/C19H16N2O4S/c22-15(13-11-26-17-8-4-1-5-12(13)17)9-20-18(23)10-21-14-6-2-3-7-16(14)25-19(21)24/h1-8,11,15,22H,9-10H2,(H,20,23). The van der Waals surface area contributed by atoms with E-state index in [2.05, 4.69) is 5.32 Å². The van der Waals surface area contributed by atoms with Gasteiger partial charge in [0.15, 0.2) is 5.58 Å². The van der Waals surface area contributed by atoms with Gasteiger partial charge >= 0.3 is 5.76 Å².